The summed E-state index contributed by atoms with van der Waals surface area (Å²) in [6.45, 7) is 22.9. The predicted molar refractivity (Wildman–Crippen MR) is 229 cm³/mol. The Labute approximate surface area is 370 Å². The topological polar surface area (TPSA) is 214 Å². The van der Waals surface area contributed by atoms with Gasteiger partial charge in [0.2, 0.25) is 0 Å². The lowest BCUT2D eigenvalue weighted by molar-refractivity contribution is -0.373. The van der Waals surface area contributed by atoms with E-state index in [-0.39, 0.29) is 60.2 Å². The van der Waals surface area contributed by atoms with Crippen molar-refractivity contribution in [3.05, 3.63) is 0 Å². The number of aliphatic hydroxyl groups is 6. The van der Waals surface area contributed by atoms with Gasteiger partial charge in [0.15, 0.2) is 17.4 Å². The summed E-state index contributed by atoms with van der Waals surface area (Å²) in [5.74, 6) is -8.34. The maximum absolute atomic E-state index is 12.4. The summed E-state index contributed by atoms with van der Waals surface area (Å²) in [6, 6.07) is 0. The Bertz CT molecular complexity index is 1550. The van der Waals surface area contributed by atoms with Crippen LogP contribution < -0.4 is 0 Å². The Morgan fingerprint density at radius 3 is 2.05 bits per heavy atom. The smallest absolute Gasteiger partial charge is 0.308 e. The Morgan fingerprint density at radius 1 is 0.742 bits per heavy atom. The molecular formula is C48H84O14. The second-order valence-corrected chi connectivity index (χ2v) is 22.3. The van der Waals surface area contributed by atoms with Gasteiger partial charge in [-0.3, -0.25) is 4.79 Å². The molecule has 0 radical (unpaired) electrons. The molecule has 7 N–H and O–H groups in total. The van der Waals surface area contributed by atoms with E-state index in [2.05, 4.69) is 6.92 Å². The molecule has 6 aliphatic rings. The van der Waals surface area contributed by atoms with Crippen molar-refractivity contribution in [3.63, 3.8) is 0 Å². The van der Waals surface area contributed by atoms with Crippen molar-refractivity contribution in [1.82, 2.24) is 0 Å². The van der Waals surface area contributed by atoms with Crippen molar-refractivity contribution in [2.45, 2.75) is 249 Å². The first kappa shape index (κ1) is 50.4. The lowest BCUT2D eigenvalue weighted by atomic mass is 9.75. The molecule has 0 aliphatic carbocycles. The molecule has 6 aliphatic heterocycles. The Balaban J connectivity index is 1.10. The number of aliphatic hydroxyl groups excluding tert-OH is 2. The van der Waals surface area contributed by atoms with E-state index in [1.54, 1.807) is 20.8 Å². The van der Waals surface area contributed by atoms with Crippen LogP contribution in [0.3, 0.4) is 0 Å². The van der Waals surface area contributed by atoms with E-state index in [0.29, 0.717) is 64.2 Å². The molecule has 0 unspecified atom stereocenters. The van der Waals surface area contributed by atoms with Gasteiger partial charge < -0.3 is 64.2 Å². The van der Waals surface area contributed by atoms with E-state index in [9.17, 15) is 40.5 Å². The van der Waals surface area contributed by atoms with Crippen LogP contribution >= 0.6 is 0 Å². The van der Waals surface area contributed by atoms with Gasteiger partial charge in [-0.1, -0.05) is 55.4 Å². The maximum Gasteiger partial charge on any atom is 0.308 e. The van der Waals surface area contributed by atoms with Gasteiger partial charge >= 0.3 is 5.97 Å². The molecule has 360 valence electrons. The molecule has 0 aromatic heterocycles. The molecule has 62 heavy (non-hydrogen) atoms. The second kappa shape index (κ2) is 18.2. The van der Waals surface area contributed by atoms with Crippen molar-refractivity contribution in [2.24, 2.45) is 47.3 Å². The molecule has 6 saturated heterocycles. The first-order valence-electron chi connectivity index (χ1n) is 24.2. The van der Waals surface area contributed by atoms with Crippen molar-refractivity contribution in [2.75, 3.05) is 0 Å². The minimum atomic E-state index is -2.03. The summed E-state index contributed by atoms with van der Waals surface area (Å²) >= 11 is 0. The minimum absolute atomic E-state index is 0.0380. The number of carboxylic acids is 1. The van der Waals surface area contributed by atoms with Gasteiger partial charge in [0.1, 0.15) is 11.7 Å². The van der Waals surface area contributed by atoms with Gasteiger partial charge in [0, 0.05) is 36.5 Å². The summed E-state index contributed by atoms with van der Waals surface area (Å²) < 4.78 is 39.2. The fourth-order valence-electron chi connectivity index (χ4n) is 12.7. The quantitative estimate of drug-likeness (QED) is 0.119. The lowest BCUT2D eigenvalue weighted by Gasteiger charge is -2.52. The number of carboxylic acid groups (broad SMARTS) is 1. The van der Waals surface area contributed by atoms with Crippen molar-refractivity contribution in [1.29, 1.82) is 0 Å². The zero-order valence-corrected chi connectivity index (χ0v) is 39.8. The third-order valence-corrected chi connectivity index (χ3v) is 17.3. The highest BCUT2D eigenvalue weighted by atomic mass is 16.7. The Morgan fingerprint density at radius 2 is 1.40 bits per heavy atom. The molecule has 0 saturated carbocycles. The van der Waals surface area contributed by atoms with Gasteiger partial charge in [0.05, 0.1) is 66.0 Å². The molecule has 0 spiro atoms. The molecule has 0 bridgehead atoms. The normalized spacial score (nSPS) is 52.3. The Hall–Kier alpha value is -1.01. The predicted octanol–water partition coefficient (Wildman–Crippen LogP) is 5.68. The zero-order chi connectivity index (χ0) is 46.1. The summed E-state index contributed by atoms with van der Waals surface area (Å²) in [5.41, 5.74) is -3.01. The summed E-state index contributed by atoms with van der Waals surface area (Å²) in [6.07, 6.45) is 0.0772. The molecule has 0 aromatic rings. The minimum Gasteiger partial charge on any atom is -0.481 e. The standard InChI is InChI=1S/C48H84O14/c1-13-38-43(10,53)18-17-39(58-38)44(11)23-30(7)48(56,62-44)45(12)19-16-35(59-45)41(50)47(55)29(6)21-26(3)37(61-47)24-46(54)28(5)14-15-34(60-46)31(8)33(49)22-36-25(2)20-27(4)40(57-36)32(9)42(51)52/h25-41,49-50,53-56H,13-24H2,1-12H3,(H,51,52)/t25-,26+,27+,28+,29-,30-,31+,32-,33-,34-,35+,36+,37-,38+,39-,40+,41+,43-,44+,45+,46-,47-,48-/m1/s1. The highest BCUT2D eigenvalue weighted by Crippen LogP contribution is 2.56. The summed E-state index contributed by atoms with van der Waals surface area (Å²) in [4.78, 5) is 11.8. The molecule has 0 amide bonds. The first-order valence-corrected chi connectivity index (χ1v) is 24.2. The third kappa shape index (κ3) is 9.31. The monoisotopic (exact) mass is 885 g/mol. The number of rotatable bonds is 13. The lowest BCUT2D eigenvalue weighted by Crippen LogP contribution is -2.63. The number of carbonyl (C=O) groups is 1. The zero-order valence-electron chi connectivity index (χ0n) is 39.8. The fraction of sp³-hybridized carbons (Fsp3) is 0.979. The van der Waals surface area contributed by atoms with Crippen LogP contribution in [0.5, 0.6) is 0 Å². The third-order valence-electron chi connectivity index (χ3n) is 17.3. The van der Waals surface area contributed by atoms with Gasteiger partial charge in [-0.25, -0.2) is 0 Å². The van der Waals surface area contributed by atoms with E-state index in [1.807, 2.05) is 55.4 Å². The molecule has 14 nitrogen and oxygen atoms in total. The van der Waals surface area contributed by atoms with Crippen LogP contribution in [-0.4, -0.2) is 131 Å². The van der Waals surface area contributed by atoms with E-state index < -0.39 is 88.6 Å². The fourth-order valence-corrected chi connectivity index (χ4v) is 12.7. The largest absolute Gasteiger partial charge is 0.481 e. The van der Waals surface area contributed by atoms with E-state index >= 15 is 0 Å². The molecule has 23 atom stereocenters. The molecule has 6 fully saturated rings. The van der Waals surface area contributed by atoms with Crippen LogP contribution in [0.1, 0.15) is 160 Å². The molecule has 6 rings (SSSR count). The average molecular weight is 885 g/mol. The summed E-state index contributed by atoms with van der Waals surface area (Å²) in [7, 11) is 0. The number of hydrogen-bond acceptors (Lipinski definition) is 13. The van der Waals surface area contributed by atoms with Crippen LogP contribution in [0.4, 0.5) is 0 Å². The van der Waals surface area contributed by atoms with Crippen LogP contribution in [0.2, 0.25) is 0 Å². The van der Waals surface area contributed by atoms with Crippen molar-refractivity contribution in [3.8, 4) is 0 Å². The molecular weight excluding hydrogens is 801 g/mol. The number of aliphatic carboxylic acids is 1. The highest BCUT2D eigenvalue weighted by Gasteiger charge is 2.67. The number of ether oxygens (including phenoxy) is 6. The SMILES string of the molecule is CC[C@@H]1O[C@@H]([C@]2(C)C[C@@H](C)[C@](O)([C@]3(C)CC[C@@H]([C@H](O)[C@]4(O)O[C@H](C[C@@]5(O)O[C@@H]([C@@H](C)[C@H](O)C[C@@H]6O[C@H]([C@@H](C)C(=O)O)[C@@H](C)C[C@H]6C)CC[C@@H]5C)[C@@H](C)C[C@H]4C)O3)O2)CC[C@@]1(C)O. The van der Waals surface area contributed by atoms with Crippen LogP contribution in [-0.2, 0) is 33.2 Å². The molecule has 6 heterocycles. The van der Waals surface area contributed by atoms with Crippen LogP contribution in [0, 0.1) is 47.3 Å². The Kier molecular flexibility index (Phi) is 14.8. The van der Waals surface area contributed by atoms with Crippen LogP contribution in [0.25, 0.3) is 0 Å². The van der Waals surface area contributed by atoms with Gasteiger partial charge in [-0.2, -0.15) is 0 Å². The van der Waals surface area contributed by atoms with E-state index in [1.165, 1.54) is 0 Å². The maximum atomic E-state index is 12.4. The van der Waals surface area contributed by atoms with Crippen molar-refractivity contribution < 1.29 is 69.0 Å². The molecule has 0 aromatic carbocycles. The van der Waals surface area contributed by atoms with Crippen LogP contribution in [0.15, 0.2) is 0 Å². The van der Waals surface area contributed by atoms with Gasteiger partial charge in [-0.05, 0) is 110 Å². The van der Waals surface area contributed by atoms with E-state index in [0.717, 1.165) is 6.42 Å². The van der Waals surface area contributed by atoms with Crippen molar-refractivity contribution >= 4 is 5.97 Å². The average Bonchev–Trinajstić information content (AvgIpc) is 3.72. The van der Waals surface area contributed by atoms with Gasteiger partial charge in [-0.15, -0.1) is 0 Å². The first-order chi connectivity index (χ1) is 28.6. The summed E-state index contributed by atoms with van der Waals surface area (Å²) in [5, 5.41) is 81.2. The number of hydrogen-bond donors (Lipinski definition) is 7. The van der Waals surface area contributed by atoms with Gasteiger partial charge in [0.25, 0.3) is 0 Å². The highest BCUT2D eigenvalue weighted by molar-refractivity contribution is 5.70. The second-order valence-electron chi connectivity index (χ2n) is 22.3. The molecule has 14 heteroatoms. The van der Waals surface area contributed by atoms with E-state index in [4.69, 9.17) is 28.4 Å².